The first-order chi connectivity index (χ1) is 8.11. The Hall–Kier alpha value is -1.29. The summed E-state index contributed by atoms with van der Waals surface area (Å²) in [6, 6.07) is 8.05. The molecule has 0 aliphatic carbocycles. The molecule has 90 valence electrons. The molecular formula is C13H16BrN3. The molecule has 0 radical (unpaired) electrons. The van der Waals surface area contributed by atoms with Crippen LogP contribution in [0.5, 0.6) is 0 Å². The van der Waals surface area contributed by atoms with Gasteiger partial charge in [-0.05, 0) is 37.1 Å². The minimum atomic E-state index is 0.690. The average Bonchev–Trinajstić information content (AvgIpc) is 2.64. The third kappa shape index (κ3) is 2.52. The Labute approximate surface area is 110 Å². The molecule has 0 saturated heterocycles. The first kappa shape index (κ1) is 12.2. The molecule has 17 heavy (non-hydrogen) atoms. The number of hydrogen-bond donors (Lipinski definition) is 1. The minimum Gasteiger partial charge on any atom is -0.384 e. The minimum absolute atomic E-state index is 0.690. The number of anilines is 1. The predicted octanol–water partition coefficient (Wildman–Crippen LogP) is 3.48. The fraction of sp³-hybridized carbons (Fsp3) is 0.308. The van der Waals surface area contributed by atoms with Crippen LogP contribution in [-0.2, 0) is 6.42 Å². The van der Waals surface area contributed by atoms with Gasteiger partial charge in [-0.3, -0.25) is 0 Å². The molecule has 2 N–H and O–H groups in total. The van der Waals surface area contributed by atoms with E-state index in [0.717, 1.165) is 28.7 Å². The smallest absolute Gasteiger partial charge is 0.127 e. The molecule has 0 saturated carbocycles. The van der Waals surface area contributed by atoms with Gasteiger partial charge < -0.3 is 5.73 Å². The van der Waals surface area contributed by atoms with Crippen LogP contribution < -0.4 is 5.73 Å². The van der Waals surface area contributed by atoms with Crippen LogP contribution in [0.2, 0.25) is 0 Å². The third-order valence-corrected chi connectivity index (χ3v) is 3.57. The summed E-state index contributed by atoms with van der Waals surface area (Å²) in [5.41, 5.74) is 9.21. The summed E-state index contributed by atoms with van der Waals surface area (Å²) in [5, 5.41) is 4.52. The number of hydrogen-bond acceptors (Lipinski definition) is 2. The summed E-state index contributed by atoms with van der Waals surface area (Å²) in [5.74, 6) is 0.690. The summed E-state index contributed by atoms with van der Waals surface area (Å²) in [6.07, 6.45) is 2.04. The van der Waals surface area contributed by atoms with E-state index in [0.29, 0.717) is 5.82 Å². The van der Waals surface area contributed by atoms with Crippen molar-refractivity contribution in [3.63, 3.8) is 0 Å². The molecular weight excluding hydrogens is 278 g/mol. The highest BCUT2D eigenvalue weighted by atomic mass is 79.9. The molecule has 0 atom stereocenters. The second-order valence-electron chi connectivity index (χ2n) is 4.16. The van der Waals surface area contributed by atoms with Crippen molar-refractivity contribution in [3.8, 4) is 5.69 Å². The number of nitrogens with two attached hydrogens (primary N) is 1. The SMILES string of the molecule is CCCc1cc(N)n(-c2ccc(Br)c(C)c2)n1. The maximum absolute atomic E-state index is 5.98. The van der Waals surface area contributed by atoms with Crippen molar-refractivity contribution >= 4 is 21.7 Å². The van der Waals surface area contributed by atoms with Crippen LogP contribution in [0.4, 0.5) is 5.82 Å². The quantitative estimate of drug-likeness (QED) is 0.942. The third-order valence-electron chi connectivity index (χ3n) is 2.68. The van der Waals surface area contributed by atoms with Crippen molar-refractivity contribution in [2.75, 3.05) is 5.73 Å². The lowest BCUT2D eigenvalue weighted by atomic mass is 10.2. The first-order valence-corrected chi connectivity index (χ1v) is 6.52. The molecule has 0 fully saturated rings. The van der Waals surface area contributed by atoms with Crippen molar-refractivity contribution in [3.05, 3.63) is 40.0 Å². The lowest BCUT2D eigenvalue weighted by molar-refractivity contribution is 0.810. The second kappa shape index (κ2) is 4.92. The van der Waals surface area contributed by atoms with Gasteiger partial charge >= 0.3 is 0 Å². The zero-order valence-corrected chi connectivity index (χ0v) is 11.7. The molecule has 0 aliphatic rings. The Balaban J connectivity index is 2.41. The van der Waals surface area contributed by atoms with Gasteiger partial charge in [0.25, 0.3) is 0 Å². The zero-order valence-electron chi connectivity index (χ0n) is 10.1. The van der Waals surface area contributed by atoms with Crippen LogP contribution in [0.1, 0.15) is 24.6 Å². The molecule has 1 aromatic carbocycles. The number of nitrogens with zero attached hydrogens (tertiary/aromatic N) is 2. The van der Waals surface area contributed by atoms with Crippen LogP contribution in [0.3, 0.4) is 0 Å². The average molecular weight is 294 g/mol. The number of aromatic nitrogens is 2. The summed E-state index contributed by atoms with van der Waals surface area (Å²) in [6.45, 7) is 4.19. The fourth-order valence-electron chi connectivity index (χ4n) is 1.79. The largest absolute Gasteiger partial charge is 0.384 e. The maximum atomic E-state index is 5.98. The standard InChI is InChI=1S/C13H16BrN3/c1-3-4-10-8-13(15)17(16-10)11-5-6-12(14)9(2)7-11/h5-8H,3-4,15H2,1-2H3. The highest BCUT2D eigenvalue weighted by Gasteiger charge is 2.07. The highest BCUT2D eigenvalue weighted by molar-refractivity contribution is 9.10. The van der Waals surface area contributed by atoms with Crippen LogP contribution in [0.25, 0.3) is 5.69 Å². The fourth-order valence-corrected chi connectivity index (χ4v) is 2.04. The van der Waals surface area contributed by atoms with E-state index in [-0.39, 0.29) is 0 Å². The molecule has 1 aromatic heterocycles. The highest BCUT2D eigenvalue weighted by Crippen LogP contribution is 2.21. The van der Waals surface area contributed by atoms with E-state index in [1.165, 1.54) is 5.56 Å². The summed E-state index contributed by atoms with van der Waals surface area (Å²) in [7, 11) is 0. The van der Waals surface area contributed by atoms with Crippen molar-refractivity contribution in [2.24, 2.45) is 0 Å². The monoisotopic (exact) mass is 293 g/mol. The van der Waals surface area contributed by atoms with Gasteiger partial charge in [0.15, 0.2) is 0 Å². The van der Waals surface area contributed by atoms with Crippen LogP contribution in [0.15, 0.2) is 28.7 Å². The molecule has 2 rings (SSSR count). The van der Waals surface area contributed by atoms with Crippen molar-refractivity contribution in [1.29, 1.82) is 0 Å². The van der Waals surface area contributed by atoms with E-state index < -0.39 is 0 Å². The summed E-state index contributed by atoms with van der Waals surface area (Å²) >= 11 is 3.49. The van der Waals surface area contributed by atoms with Gasteiger partial charge in [0.05, 0.1) is 11.4 Å². The first-order valence-electron chi connectivity index (χ1n) is 5.72. The van der Waals surface area contributed by atoms with E-state index >= 15 is 0 Å². The van der Waals surface area contributed by atoms with Crippen molar-refractivity contribution in [1.82, 2.24) is 9.78 Å². The molecule has 4 heteroatoms. The second-order valence-corrected chi connectivity index (χ2v) is 5.01. The number of aryl methyl sites for hydroxylation is 2. The van der Waals surface area contributed by atoms with Gasteiger partial charge in [0.2, 0.25) is 0 Å². The lowest BCUT2D eigenvalue weighted by Crippen LogP contribution is -2.02. The topological polar surface area (TPSA) is 43.8 Å². The normalized spacial score (nSPS) is 10.8. The summed E-state index contributed by atoms with van der Waals surface area (Å²) in [4.78, 5) is 0. The molecule has 0 aliphatic heterocycles. The Bertz CT molecular complexity index is 531. The number of benzene rings is 1. The Kier molecular flexibility index (Phi) is 3.52. The van der Waals surface area contributed by atoms with Crippen LogP contribution >= 0.6 is 15.9 Å². The van der Waals surface area contributed by atoms with E-state index in [4.69, 9.17) is 5.73 Å². The van der Waals surface area contributed by atoms with Gasteiger partial charge in [0, 0.05) is 10.5 Å². The molecule has 0 amide bonds. The van der Waals surface area contributed by atoms with E-state index in [9.17, 15) is 0 Å². The Morgan fingerprint density at radius 1 is 1.35 bits per heavy atom. The molecule has 2 aromatic rings. The zero-order chi connectivity index (χ0) is 12.4. The van der Waals surface area contributed by atoms with Gasteiger partial charge in [-0.25, -0.2) is 4.68 Å². The number of halogens is 1. The van der Waals surface area contributed by atoms with Gasteiger partial charge in [-0.2, -0.15) is 5.10 Å². The van der Waals surface area contributed by atoms with Gasteiger partial charge in [0.1, 0.15) is 5.82 Å². The molecule has 1 heterocycles. The number of nitrogen functional groups attached to an aromatic ring is 1. The van der Waals surface area contributed by atoms with Crippen molar-refractivity contribution < 1.29 is 0 Å². The Morgan fingerprint density at radius 2 is 2.12 bits per heavy atom. The molecule has 3 nitrogen and oxygen atoms in total. The van der Waals surface area contributed by atoms with Gasteiger partial charge in [-0.15, -0.1) is 0 Å². The van der Waals surface area contributed by atoms with Crippen molar-refractivity contribution in [2.45, 2.75) is 26.7 Å². The Morgan fingerprint density at radius 3 is 2.76 bits per heavy atom. The lowest BCUT2D eigenvalue weighted by Gasteiger charge is -2.06. The van der Waals surface area contributed by atoms with Crippen LogP contribution in [-0.4, -0.2) is 9.78 Å². The van der Waals surface area contributed by atoms with E-state index in [2.05, 4.69) is 40.9 Å². The van der Waals surface area contributed by atoms with E-state index in [1.54, 1.807) is 4.68 Å². The molecule has 0 bridgehead atoms. The maximum Gasteiger partial charge on any atom is 0.127 e. The van der Waals surface area contributed by atoms with E-state index in [1.807, 2.05) is 18.2 Å². The van der Waals surface area contributed by atoms with Gasteiger partial charge in [-0.1, -0.05) is 29.3 Å². The number of rotatable bonds is 3. The van der Waals surface area contributed by atoms with Crippen LogP contribution in [0, 0.1) is 6.92 Å². The summed E-state index contributed by atoms with van der Waals surface area (Å²) < 4.78 is 2.89. The molecule has 0 unspecified atom stereocenters. The molecule has 0 spiro atoms. The predicted molar refractivity (Wildman–Crippen MR) is 74.4 cm³/mol.